The number of guanidine groups is 1. The molecule has 0 radical (unpaired) electrons. The second-order valence-electron chi connectivity index (χ2n) is 5.98. The fourth-order valence-electron chi connectivity index (χ4n) is 1.68. The van der Waals surface area contributed by atoms with Crippen molar-refractivity contribution in [1.82, 2.24) is 10.6 Å². The lowest BCUT2D eigenvalue weighted by atomic mass is 9.93. The van der Waals surface area contributed by atoms with E-state index in [2.05, 4.69) is 29.5 Å². The van der Waals surface area contributed by atoms with Crippen LogP contribution in [0.5, 0.6) is 0 Å². The SMILES string of the molecule is CCCCCC(C)NC(=NCC(C)(C)C(N)=O)NCC. The summed E-state index contributed by atoms with van der Waals surface area (Å²) in [7, 11) is 0. The average molecular weight is 284 g/mol. The third-order valence-electron chi connectivity index (χ3n) is 3.27. The molecule has 5 heteroatoms. The summed E-state index contributed by atoms with van der Waals surface area (Å²) in [4.78, 5) is 15.8. The number of amides is 1. The van der Waals surface area contributed by atoms with E-state index >= 15 is 0 Å². The van der Waals surface area contributed by atoms with Gasteiger partial charge in [-0.1, -0.05) is 26.2 Å². The summed E-state index contributed by atoms with van der Waals surface area (Å²) in [6.07, 6.45) is 4.83. The van der Waals surface area contributed by atoms with Gasteiger partial charge in [0.05, 0.1) is 12.0 Å². The number of nitrogens with one attached hydrogen (secondary N) is 2. The van der Waals surface area contributed by atoms with Gasteiger partial charge < -0.3 is 16.4 Å². The van der Waals surface area contributed by atoms with Crippen LogP contribution in [-0.2, 0) is 4.79 Å². The molecule has 0 saturated heterocycles. The molecule has 0 rings (SSSR count). The van der Waals surface area contributed by atoms with Crippen molar-refractivity contribution < 1.29 is 4.79 Å². The molecule has 0 saturated carbocycles. The highest BCUT2D eigenvalue weighted by Gasteiger charge is 2.24. The molecule has 0 fully saturated rings. The molecule has 0 aliphatic heterocycles. The van der Waals surface area contributed by atoms with Gasteiger partial charge in [0.1, 0.15) is 0 Å². The molecule has 0 aliphatic carbocycles. The van der Waals surface area contributed by atoms with Crippen LogP contribution in [-0.4, -0.2) is 31.0 Å². The van der Waals surface area contributed by atoms with Crippen LogP contribution in [0.2, 0.25) is 0 Å². The van der Waals surface area contributed by atoms with Crippen molar-refractivity contribution in [3.63, 3.8) is 0 Å². The molecule has 1 unspecified atom stereocenters. The highest BCUT2D eigenvalue weighted by atomic mass is 16.1. The Morgan fingerprint density at radius 1 is 1.30 bits per heavy atom. The lowest BCUT2D eigenvalue weighted by Gasteiger charge is -2.21. The van der Waals surface area contributed by atoms with Crippen LogP contribution in [0.4, 0.5) is 0 Å². The third kappa shape index (κ3) is 8.02. The van der Waals surface area contributed by atoms with Crippen LogP contribution in [0.25, 0.3) is 0 Å². The maximum atomic E-state index is 11.3. The fourth-order valence-corrected chi connectivity index (χ4v) is 1.68. The number of hydrogen-bond acceptors (Lipinski definition) is 2. The second-order valence-corrected chi connectivity index (χ2v) is 5.98. The number of nitrogens with two attached hydrogens (primary N) is 1. The number of primary amides is 1. The van der Waals surface area contributed by atoms with Crippen LogP contribution < -0.4 is 16.4 Å². The molecule has 0 heterocycles. The number of carbonyl (C=O) groups excluding carboxylic acids is 1. The van der Waals surface area contributed by atoms with E-state index in [0.717, 1.165) is 18.9 Å². The van der Waals surface area contributed by atoms with Gasteiger partial charge in [-0.05, 0) is 34.1 Å². The Hall–Kier alpha value is -1.26. The molecule has 0 aromatic rings. The summed E-state index contributed by atoms with van der Waals surface area (Å²) < 4.78 is 0. The van der Waals surface area contributed by atoms with E-state index in [1.807, 2.05) is 20.8 Å². The van der Waals surface area contributed by atoms with E-state index in [-0.39, 0.29) is 5.91 Å². The third-order valence-corrected chi connectivity index (χ3v) is 3.27. The largest absolute Gasteiger partial charge is 0.369 e. The molecule has 1 atom stereocenters. The monoisotopic (exact) mass is 284 g/mol. The Kier molecular flexibility index (Phi) is 9.01. The van der Waals surface area contributed by atoms with Gasteiger partial charge in [-0.2, -0.15) is 0 Å². The topological polar surface area (TPSA) is 79.5 Å². The second kappa shape index (κ2) is 9.61. The number of hydrogen-bond donors (Lipinski definition) is 3. The minimum Gasteiger partial charge on any atom is -0.369 e. The highest BCUT2D eigenvalue weighted by molar-refractivity contribution is 5.82. The molecule has 118 valence electrons. The first-order chi connectivity index (χ1) is 9.33. The number of aliphatic imine (C=N–C) groups is 1. The van der Waals surface area contributed by atoms with E-state index in [0.29, 0.717) is 12.6 Å². The first-order valence-corrected chi connectivity index (χ1v) is 7.68. The lowest BCUT2D eigenvalue weighted by Crippen LogP contribution is -2.43. The zero-order chi connectivity index (χ0) is 15.6. The summed E-state index contributed by atoms with van der Waals surface area (Å²) in [5, 5.41) is 6.58. The van der Waals surface area contributed by atoms with Crippen molar-refractivity contribution in [2.75, 3.05) is 13.1 Å². The summed E-state index contributed by atoms with van der Waals surface area (Å²) in [5.41, 5.74) is 4.75. The van der Waals surface area contributed by atoms with E-state index < -0.39 is 5.41 Å². The zero-order valence-corrected chi connectivity index (χ0v) is 13.8. The number of unbranched alkanes of at least 4 members (excludes halogenated alkanes) is 2. The van der Waals surface area contributed by atoms with Gasteiger partial charge in [-0.3, -0.25) is 9.79 Å². The minimum absolute atomic E-state index is 0.326. The van der Waals surface area contributed by atoms with Crippen molar-refractivity contribution >= 4 is 11.9 Å². The van der Waals surface area contributed by atoms with Gasteiger partial charge in [0, 0.05) is 12.6 Å². The molecule has 0 bridgehead atoms. The number of carbonyl (C=O) groups is 1. The van der Waals surface area contributed by atoms with Crippen molar-refractivity contribution in [3.8, 4) is 0 Å². The molecule has 0 aromatic heterocycles. The Labute approximate surface area is 123 Å². The summed E-state index contributed by atoms with van der Waals surface area (Å²) in [6, 6.07) is 0.371. The Morgan fingerprint density at radius 2 is 1.95 bits per heavy atom. The molecule has 0 spiro atoms. The van der Waals surface area contributed by atoms with Crippen LogP contribution in [0.1, 0.15) is 60.3 Å². The first kappa shape index (κ1) is 18.7. The molecule has 0 aromatic carbocycles. The maximum Gasteiger partial charge on any atom is 0.224 e. The molecule has 1 amide bonds. The normalized spacial score (nSPS) is 13.9. The average Bonchev–Trinajstić information content (AvgIpc) is 2.36. The van der Waals surface area contributed by atoms with Gasteiger partial charge in [0.25, 0.3) is 0 Å². The zero-order valence-electron chi connectivity index (χ0n) is 13.8. The van der Waals surface area contributed by atoms with Crippen LogP contribution in [0.15, 0.2) is 4.99 Å². The Bertz CT molecular complexity index is 313. The maximum absolute atomic E-state index is 11.3. The first-order valence-electron chi connectivity index (χ1n) is 7.68. The van der Waals surface area contributed by atoms with Crippen LogP contribution in [0, 0.1) is 5.41 Å². The van der Waals surface area contributed by atoms with Crippen molar-refractivity contribution in [2.24, 2.45) is 16.1 Å². The van der Waals surface area contributed by atoms with Gasteiger partial charge in [0.15, 0.2) is 5.96 Å². The van der Waals surface area contributed by atoms with Crippen molar-refractivity contribution in [2.45, 2.75) is 66.3 Å². The molecular formula is C15H32N4O. The number of rotatable bonds is 9. The summed E-state index contributed by atoms with van der Waals surface area (Å²) in [5.74, 6) is 0.430. The van der Waals surface area contributed by atoms with Crippen molar-refractivity contribution in [3.05, 3.63) is 0 Å². The van der Waals surface area contributed by atoms with E-state index in [9.17, 15) is 4.79 Å². The Morgan fingerprint density at radius 3 is 2.45 bits per heavy atom. The standard InChI is InChI=1S/C15H32N4O/c1-6-8-9-10-12(3)19-14(17-7-2)18-11-15(4,5)13(16)20/h12H,6-11H2,1-5H3,(H2,16,20)(H2,17,18,19). The summed E-state index contributed by atoms with van der Waals surface area (Å²) in [6.45, 7) is 11.2. The molecule has 4 N–H and O–H groups in total. The van der Waals surface area contributed by atoms with E-state index in [4.69, 9.17) is 5.73 Å². The van der Waals surface area contributed by atoms with Gasteiger partial charge in [0.2, 0.25) is 5.91 Å². The van der Waals surface area contributed by atoms with Crippen molar-refractivity contribution in [1.29, 1.82) is 0 Å². The van der Waals surface area contributed by atoms with Gasteiger partial charge in [-0.25, -0.2) is 0 Å². The Balaban J connectivity index is 4.44. The summed E-state index contributed by atoms with van der Waals surface area (Å²) >= 11 is 0. The fraction of sp³-hybridized carbons (Fsp3) is 0.867. The number of nitrogens with zero attached hydrogens (tertiary/aromatic N) is 1. The van der Waals surface area contributed by atoms with E-state index in [1.165, 1.54) is 19.3 Å². The predicted octanol–water partition coefficient (Wildman–Crippen LogP) is 2.02. The lowest BCUT2D eigenvalue weighted by molar-refractivity contribution is -0.125. The van der Waals surface area contributed by atoms with Crippen LogP contribution >= 0.6 is 0 Å². The van der Waals surface area contributed by atoms with E-state index in [1.54, 1.807) is 0 Å². The molecule has 5 nitrogen and oxygen atoms in total. The minimum atomic E-state index is -0.617. The van der Waals surface area contributed by atoms with Crippen LogP contribution in [0.3, 0.4) is 0 Å². The molecule has 20 heavy (non-hydrogen) atoms. The van der Waals surface area contributed by atoms with Gasteiger partial charge in [-0.15, -0.1) is 0 Å². The molecule has 0 aliphatic rings. The highest BCUT2D eigenvalue weighted by Crippen LogP contribution is 2.14. The smallest absolute Gasteiger partial charge is 0.224 e. The predicted molar refractivity (Wildman–Crippen MR) is 85.7 cm³/mol. The molecular weight excluding hydrogens is 252 g/mol. The van der Waals surface area contributed by atoms with Gasteiger partial charge >= 0.3 is 0 Å². The quantitative estimate of drug-likeness (QED) is 0.344.